The van der Waals surface area contributed by atoms with E-state index in [1.165, 1.54) is 6.20 Å². The highest BCUT2D eigenvalue weighted by Crippen LogP contribution is 2.06. The summed E-state index contributed by atoms with van der Waals surface area (Å²) in [4.78, 5) is 33.7. The third-order valence-corrected chi connectivity index (χ3v) is 3.24. The van der Waals surface area contributed by atoms with Gasteiger partial charge in [-0.3, -0.25) is 9.59 Å². The summed E-state index contributed by atoms with van der Waals surface area (Å²) in [7, 11) is 0. The molecule has 0 unspecified atom stereocenters. The van der Waals surface area contributed by atoms with Gasteiger partial charge in [-0.15, -0.1) is 0 Å². The Hall–Kier alpha value is -3.34. The second kappa shape index (κ2) is 11.3. The van der Waals surface area contributed by atoms with Gasteiger partial charge in [0.1, 0.15) is 11.6 Å². The molecule has 0 saturated carbocycles. The number of amides is 1. The van der Waals surface area contributed by atoms with Crippen LogP contribution in [0.4, 0.5) is 0 Å². The molecule has 0 aliphatic heterocycles. The fraction of sp³-hybridized carbons (Fsp3) is 0.333. The number of carbonyl (C=O) groups is 3. The minimum absolute atomic E-state index is 0.0497. The molecule has 1 rings (SSSR count). The largest absolute Gasteiger partial charge is 0.481 e. The summed E-state index contributed by atoms with van der Waals surface area (Å²) in [6.45, 7) is 2.58. The number of hydrogen-bond donors (Lipinski definition) is 3. The SMILES string of the molecule is CCOC(=O)c1ccc(CN/C=C(/C#N)C(=O)NCCCC(=O)O)cc1. The quantitative estimate of drug-likeness (QED) is 0.249. The molecule has 0 fully saturated rings. The molecule has 26 heavy (non-hydrogen) atoms. The van der Waals surface area contributed by atoms with Crippen molar-refractivity contribution in [2.75, 3.05) is 13.2 Å². The van der Waals surface area contributed by atoms with E-state index in [9.17, 15) is 14.4 Å². The number of hydrogen-bond acceptors (Lipinski definition) is 6. The van der Waals surface area contributed by atoms with Crippen molar-refractivity contribution in [2.24, 2.45) is 0 Å². The van der Waals surface area contributed by atoms with Crippen molar-refractivity contribution in [2.45, 2.75) is 26.3 Å². The van der Waals surface area contributed by atoms with E-state index < -0.39 is 17.8 Å². The summed E-state index contributed by atoms with van der Waals surface area (Å²) in [5.41, 5.74) is 1.20. The first-order valence-corrected chi connectivity index (χ1v) is 8.07. The highest BCUT2D eigenvalue weighted by Gasteiger charge is 2.08. The van der Waals surface area contributed by atoms with Crippen LogP contribution in [0.1, 0.15) is 35.7 Å². The number of benzene rings is 1. The summed E-state index contributed by atoms with van der Waals surface area (Å²) in [6, 6.07) is 8.54. The second-order valence-corrected chi connectivity index (χ2v) is 5.22. The normalized spacial score (nSPS) is 10.5. The summed E-state index contributed by atoms with van der Waals surface area (Å²) in [5, 5.41) is 22.9. The van der Waals surface area contributed by atoms with E-state index in [4.69, 9.17) is 15.1 Å². The predicted octanol–water partition coefficient (Wildman–Crippen LogP) is 1.34. The van der Waals surface area contributed by atoms with Crippen LogP contribution < -0.4 is 10.6 Å². The molecule has 8 nitrogen and oxygen atoms in total. The number of nitrogens with zero attached hydrogens (tertiary/aromatic N) is 1. The second-order valence-electron chi connectivity index (χ2n) is 5.22. The highest BCUT2D eigenvalue weighted by molar-refractivity contribution is 5.97. The summed E-state index contributed by atoms with van der Waals surface area (Å²) in [6.07, 6.45) is 1.54. The molecule has 3 N–H and O–H groups in total. The van der Waals surface area contributed by atoms with Crippen LogP contribution in [-0.2, 0) is 20.9 Å². The first-order chi connectivity index (χ1) is 12.5. The van der Waals surface area contributed by atoms with E-state index in [0.717, 1.165) is 5.56 Å². The van der Waals surface area contributed by atoms with Crippen molar-refractivity contribution in [3.63, 3.8) is 0 Å². The zero-order chi connectivity index (χ0) is 19.4. The van der Waals surface area contributed by atoms with Gasteiger partial charge in [0.05, 0.1) is 12.2 Å². The number of carboxylic acid groups (broad SMARTS) is 1. The van der Waals surface area contributed by atoms with Crippen LogP contribution in [0.5, 0.6) is 0 Å². The van der Waals surface area contributed by atoms with E-state index in [1.807, 2.05) is 0 Å². The van der Waals surface area contributed by atoms with Gasteiger partial charge in [-0.25, -0.2) is 4.79 Å². The maximum atomic E-state index is 11.8. The standard InChI is InChI=1S/C18H21N3O5/c1-2-26-18(25)14-7-5-13(6-8-14)11-20-12-15(10-19)17(24)21-9-3-4-16(22)23/h5-8,12,20H,2-4,9,11H2,1H3,(H,21,24)(H,22,23)/b15-12-. The first-order valence-electron chi connectivity index (χ1n) is 8.07. The topological polar surface area (TPSA) is 129 Å². The van der Waals surface area contributed by atoms with Crippen LogP contribution in [0.2, 0.25) is 0 Å². The van der Waals surface area contributed by atoms with Crippen LogP contribution >= 0.6 is 0 Å². The lowest BCUT2D eigenvalue weighted by atomic mass is 10.1. The number of ether oxygens (including phenoxy) is 1. The summed E-state index contributed by atoms with van der Waals surface area (Å²) >= 11 is 0. The molecule has 8 heteroatoms. The van der Waals surface area contributed by atoms with Gasteiger partial charge in [-0.1, -0.05) is 12.1 Å². The Kier molecular flexibility index (Phi) is 8.96. The molecular weight excluding hydrogens is 338 g/mol. The molecular formula is C18H21N3O5. The highest BCUT2D eigenvalue weighted by atomic mass is 16.5. The van der Waals surface area contributed by atoms with Gasteiger partial charge < -0.3 is 20.5 Å². The van der Waals surface area contributed by atoms with Crippen LogP contribution in [-0.4, -0.2) is 36.1 Å². The molecule has 0 bridgehead atoms. The number of nitriles is 1. The molecule has 0 aliphatic carbocycles. The lowest BCUT2D eigenvalue weighted by molar-refractivity contribution is -0.137. The Bertz CT molecular complexity index is 705. The van der Waals surface area contributed by atoms with Gasteiger partial charge >= 0.3 is 11.9 Å². The van der Waals surface area contributed by atoms with Crippen LogP contribution in [0.3, 0.4) is 0 Å². The van der Waals surface area contributed by atoms with E-state index in [2.05, 4.69) is 10.6 Å². The van der Waals surface area contributed by atoms with Gasteiger partial charge in [-0.2, -0.15) is 5.26 Å². The fourth-order valence-electron chi connectivity index (χ4n) is 1.93. The number of nitrogens with one attached hydrogen (secondary N) is 2. The van der Waals surface area contributed by atoms with Gasteiger partial charge in [0.15, 0.2) is 0 Å². The van der Waals surface area contributed by atoms with Crippen molar-refractivity contribution < 1.29 is 24.2 Å². The van der Waals surface area contributed by atoms with Gasteiger partial charge in [0.2, 0.25) is 0 Å². The number of carbonyl (C=O) groups excluding carboxylic acids is 2. The molecule has 0 spiro atoms. The first kappa shape index (κ1) is 20.7. The molecule has 0 atom stereocenters. The molecule has 1 amide bonds. The fourth-order valence-corrected chi connectivity index (χ4v) is 1.93. The van der Waals surface area contributed by atoms with Gasteiger partial charge in [0, 0.05) is 25.7 Å². The van der Waals surface area contributed by atoms with E-state index in [0.29, 0.717) is 25.1 Å². The third kappa shape index (κ3) is 7.49. The Morgan fingerprint density at radius 3 is 2.54 bits per heavy atom. The van der Waals surface area contributed by atoms with Crippen LogP contribution in [0.25, 0.3) is 0 Å². The Labute approximate surface area is 151 Å². The molecule has 1 aromatic rings. The number of rotatable bonds is 10. The van der Waals surface area contributed by atoms with Crippen molar-refractivity contribution in [3.8, 4) is 6.07 Å². The zero-order valence-corrected chi connectivity index (χ0v) is 14.4. The summed E-state index contributed by atoms with van der Waals surface area (Å²) < 4.78 is 4.90. The number of carboxylic acids is 1. The number of aliphatic carboxylic acids is 1. The number of esters is 1. The van der Waals surface area contributed by atoms with Crippen molar-refractivity contribution in [1.29, 1.82) is 5.26 Å². The minimum atomic E-state index is -0.939. The molecule has 0 aliphatic rings. The van der Waals surface area contributed by atoms with Gasteiger partial charge in [0.25, 0.3) is 5.91 Å². The molecule has 0 aromatic heterocycles. The lowest BCUT2D eigenvalue weighted by Gasteiger charge is -2.06. The lowest BCUT2D eigenvalue weighted by Crippen LogP contribution is -2.27. The van der Waals surface area contributed by atoms with Crippen molar-refractivity contribution in [3.05, 3.63) is 47.2 Å². The molecule has 0 heterocycles. The molecule has 138 valence electrons. The predicted molar refractivity (Wildman–Crippen MR) is 92.8 cm³/mol. The van der Waals surface area contributed by atoms with E-state index >= 15 is 0 Å². The maximum absolute atomic E-state index is 11.8. The monoisotopic (exact) mass is 359 g/mol. The third-order valence-electron chi connectivity index (χ3n) is 3.24. The van der Waals surface area contributed by atoms with Crippen molar-refractivity contribution in [1.82, 2.24) is 10.6 Å². The Balaban J connectivity index is 2.49. The minimum Gasteiger partial charge on any atom is -0.481 e. The average Bonchev–Trinajstić information content (AvgIpc) is 2.62. The molecule has 0 saturated heterocycles. The van der Waals surface area contributed by atoms with Crippen LogP contribution in [0.15, 0.2) is 36.0 Å². The Morgan fingerprint density at radius 2 is 1.96 bits per heavy atom. The average molecular weight is 359 g/mol. The van der Waals surface area contributed by atoms with Crippen molar-refractivity contribution >= 4 is 17.8 Å². The molecule has 0 radical (unpaired) electrons. The summed E-state index contributed by atoms with van der Waals surface area (Å²) in [5.74, 6) is -1.90. The van der Waals surface area contributed by atoms with Crippen LogP contribution in [0, 0.1) is 11.3 Å². The zero-order valence-electron chi connectivity index (χ0n) is 14.4. The smallest absolute Gasteiger partial charge is 0.338 e. The van der Waals surface area contributed by atoms with E-state index in [1.54, 1.807) is 37.3 Å². The van der Waals surface area contributed by atoms with E-state index in [-0.39, 0.29) is 18.5 Å². The van der Waals surface area contributed by atoms with Gasteiger partial charge in [-0.05, 0) is 31.0 Å². The maximum Gasteiger partial charge on any atom is 0.338 e. The Morgan fingerprint density at radius 1 is 1.27 bits per heavy atom. The molecule has 1 aromatic carbocycles.